The number of hydrogen-bond acceptors (Lipinski definition) is 3. The van der Waals surface area contributed by atoms with Crippen LogP contribution in [0.1, 0.15) is 32.6 Å². The van der Waals surface area contributed by atoms with Crippen molar-refractivity contribution in [2.24, 2.45) is 5.73 Å². The molecule has 0 aromatic carbocycles. The van der Waals surface area contributed by atoms with E-state index in [1.165, 1.54) is 0 Å². The van der Waals surface area contributed by atoms with Crippen LogP contribution in [0.2, 0.25) is 0 Å². The Morgan fingerprint density at radius 3 is 2.54 bits per heavy atom. The molecule has 76 valence electrons. The molecule has 1 aliphatic carbocycles. The summed E-state index contributed by atoms with van der Waals surface area (Å²) >= 11 is 0. The van der Waals surface area contributed by atoms with Gasteiger partial charge >= 0.3 is 0 Å². The fourth-order valence-corrected chi connectivity index (χ4v) is 1.75. The molecular formula is C9H18N2O2. The van der Waals surface area contributed by atoms with E-state index in [0.29, 0.717) is 0 Å². The normalized spacial score (nSPS) is 22.7. The Labute approximate surface area is 78.5 Å². The van der Waals surface area contributed by atoms with Gasteiger partial charge in [0, 0.05) is 0 Å². The number of carbonyl (C=O) groups is 1. The SMILES string of the molecule is C[C@@H](N)C(=O)NC1(CO)CCCC1. The summed E-state index contributed by atoms with van der Waals surface area (Å²) in [6, 6.07) is -0.496. The van der Waals surface area contributed by atoms with Crippen molar-refractivity contribution in [1.82, 2.24) is 5.32 Å². The third-order valence-electron chi connectivity index (χ3n) is 2.67. The van der Waals surface area contributed by atoms with Crippen LogP contribution in [0, 0.1) is 0 Å². The highest BCUT2D eigenvalue weighted by Crippen LogP contribution is 2.28. The minimum Gasteiger partial charge on any atom is -0.394 e. The monoisotopic (exact) mass is 186 g/mol. The smallest absolute Gasteiger partial charge is 0.237 e. The molecule has 0 aromatic rings. The number of hydrogen-bond donors (Lipinski definition) is 3. The second-order valence-electron chi connectivity index (χ2n) is 3.92. The summed E-state index contributed by atoms with van der Waals surface area (Å²) < 4.78 is 0. The van der Waals surface area contributed by atoms with Crippen molar-refractivity contribution < 1.29 is 9.90 Å². The lowest BCUT2D eigenvalue weighted by molar-refractivity contribution is -0.124. The first-order valence-corrected chi connectivity index (χ1v) is 4.78. The zero-order valence-corrected chi connectivity index (χ0v) is 8.05. The highest BCUT2D eigenvalue weighted by molar-refractivity contribution is 5.81. The van der Waals surface area contributed by atoms with Crippen LogP contribution in [-0.4, -0.2) is 29.2 Å². The van der Waals surface area contributed by atoms with Gasteiger partial charge in [-0.1, -0.05) is 12.8 Å². The fraction of sp³-hybridized carbons (Fsp3) is 0.889. The molecule has 0 aliphatic heterocycles. The van der Waals surface area contributed by atoms with Gasteiger partial charge in [0.05, 0.1) is 18.2 Å². The molecule has 1 amide bonds. The van der Waals surface area contributed by atoms with Gasteiger partial charge in [-0.05, 0) is 19.8 Å². The number of aliphatic hydroxyl groups excluding tert-OH is 1. The number of nitrogens with one attached hydrogen (secondary N) is 1. The van der Waals surface area contributed by atoms with Gasteiger partial charge in [-0.2, -0.15) is 0 Å². The van der Waals surface area contributed by atoms with Crippen LogP contribution in [0.5, 0.6) is 0 Å². The van der Waals surface area contributed by atoms with Gasteiger partial charge in [-0.3, -0.25) is 4.79 Å². The third kappa shape index (κ3) is 2.42. The lowest BCUT2D eigenvalue weighted by atomic mass is 9.98. The quantitative estimate of drug-likeness (QED) is 0.569. The van der Waals surface area contributed by atoms with E-state index < -0.39 is 6.04 Å². The summed E-state index contributed by atoms with van der Waals surface area (Å²) in [6.07, 6.45) is 3.86. The lowest BCUT2D eigenvalue weighted by Gasteiger charge is -2.28. The molecule has 1 saturated carbocycles. The summed E-state index contributed by atoms with van der Waals surface area (Å²) in [4.78, 5) is 11.3. The van der Waals surface area contributed by atoms with Crippen LogP contribution in [0.15, 0.2) is 0 Å². The minimum absolute atomic E-state index is 0.0193. The van der Waals surface area contributed by atoms with Gasteiger partial charge in [0.25, 0.3) is 0 Å². The van der Waals surface area contributed by atoms with Crippen molar-refractivity contribution in [3.8, 4) is 0 Å². The van der Waals surface area contributed by atoms with E-state index in [-0.39, 0.29) is 18.1 Å². The van der Waals surface area contributed by atoms with Crippen LogP contribution in [0.4, 0.5) is 0 Å². The van der Waals surface area contributed by atoms with Crippen molar-refractivity contribution in [3.63, 3.8) is 0 Å². The molecule has 0 spiro atoms. The largest absolute Gasteiger partial charge is 0.394 e. The maximum atomic E-state index is 11.3. The molecule has 0 saturated heterocycles. The highest BCUT2D eigenvalue weighted by Gasteiger charge is 2.34. The van der Waals surface area contributed by atoms with Gasteiger partial charge < -0.3 is 16.2 Å². The van der Waals surface area contributed by atoms with Gasteiger partial charge in [0.1, 0.15) is 0 Å². The van der Waals surface area contributed by atoms with Gasteiger partial charge in [0.15, 0.2) is 0 Å². The number of carbonyl (C=O) groups excluding carboxylic acids is 1. The molecule has 0 heterocycles. The second-order valence-corrected chi connectivity index (χ2v) is 3.92. The molecular weight excluding hydrogens is 168 g/mol. The summed E-state index contributed by atoms with van der Waals surface area (Å²) in [5, 5.41) is 12.0. The summed E-state index contributed by atoms with van der Waals surface area (Å²) in [6.45, 7) is 1.67. The van der Waals surface area contributed by atoms with Crippen molar-refractivity contribution in [1.29, 1.82) is 0 Å². The van der Waals surface area contributed by atoms with E-state index in [0.717, 1.165) is 25.7 Å². The number of aliphatic hydroxyl groups is 1. The van der Waals surface area contributed by atoms with Crippen LogP contribution in [0.25, 0.3) is 0 Å². The highest BCUT2D eigenvalue weighted by atomic mass is 16.3. The molecule has 0 unspecified atom stereocenters. The second kappa shape index (κ2) is 4.07. The number of rotatable bonds is 3. The van der Waals surface area contributed by atoms with Gasteiger partial charge in [-0.25, -0.2) is 0 Å². The Bertz CT molecular complexity index is 186. The standard InChI is InChI=1S/C9H18N2O2/c1-7(10)8(13)11-9(6-12)4-2-3-5-9/h7,12H,2-6,10H2,1H3,(H,11,13)/t7-/m1/s1. The van der Waals surface area contributed by atoms with Crippen molar-refractivity contribution in [3.05, 3.63) is 0 Å². The topological polar surface area (TPSA) is 75.4 Å². The van der Waals surface area contributed by atoms with E-state index in [1.54, 1.807) is 6.92 Å². The third-order valence-corrected chi connectivity index (χ3v) is 2.67. The maximum absolute atomic E-state index is 11.3. The van der Waals surface area contributed by atoms with Crippen molar-refractivity contribution in [2.75, 3.05) is 6.61 Å². The van der Waals surface area contributed by atoms with Crippen LogP contribution >= 0.6 is 0 Å². The maximum Gasteiger partial charge on any atom is 0.237 e. The molecule has 4 heteroatoms. The van der Waals surface area contributed by atoms with E-state index >= 15 is 0 Å². The minimum atomic E-state index is -0.496. The first-order valence-electron chi connectivity index (χ1n) is 4.78. The average Bonchev–Trinajstić information content (AvgIpc) is 2.54. The van der Waals surface area contributed by atoms with Crippen LogP contribution in [0.3, 0.4) is 0 Å². The predicted octanol–water partition coefficient (Wildman–Crippen LogP) is -0.245. The first kappa shape index (κ1) is 10.5. The van der Waals surface area contributed by atoms with E-state index in [9.17, 15) is 9.90 Å². The molecule has 1 fully saturated rings. The van der Waals surface area contributed by atoms with Gasteiger partial charge in [-0.15, -0.1) is 0 Å². The number of amides is 1. The predicted molar refractivity (Wildman–Crippen MR) is 50.1 cm³/mol. The zero-order valence-electron chi connectivity index (χ0n) is 8.05. The molecule has 1 aliphatic rings. The molecule has 0 radical (unpaired) electrons. The Morgan fingerprint density at radius 1 is 1.62 bits per heavy atom. The van der Waals surface area contributed by atoms with Crippen LogP contribution in [-0.2, 0) is 4.79 Å². The Kier molecular flexibility index (Phi) is 3.27. The average molecular weight is 186 g/mol. The first-order chi connectivity index (χ1) is 6.09. The zero-order chi connectivity index (χ0) is 9.90. The Morgan fingerprint density at radius 2 is 2.15 bits per heavy atom. The number of nitrogens with two attached hydrogens (primary N) is 1. The molecule has 0 aromatic heterocycles. The Hall–Kier alpha value is -0.610. The fourth-order valence-electron chi connectivity index (χ4n) is 1.75. The van der Waals surface area contributed by atoms with Crippen molar-refractivity contribution >= 4 is 5.91 Å². The van der Waals surface area contributed by atoms with E-state index in [4.69, 9.17) is 5.73 Å². The van der Waals surface area contributed by atoms with Gasteiger partial charge in [0.2, 0.25) is 5.91 Å². The molecule has 4 N–H and O–H groups in total. The molecule has 0 bridgehead atoms. The van der Waals surface area contributed by atoms with Crippen molar-refractivity contribution in [2.45, 2.75) is 44.2 Å². The Balaban J connectivity index is 2.53. The lowest BCUT2D eigenvalue weighted by Crippen LogP contribution is -2.53. The summed E-state index contributed by atoms with van der Waals surface area (Å²) in [5.74, 6) is -0.170. The summed E-state index contributed by atoms with van der Waals surface area (Å²) in [7, 11) is 0. The molecule has 4 nitrogen and oxygen atoms in total. The molecule has 1 atom stereocenters. The van der Waals surface area contributed by atoms with E-state index in [2.05, 4.69) is 5.32 Å². The molecule has 1 rings (SSSR count). The van der Waals surface area contributed by atoms with E-state index in [1.807, 2.05) is 0 Å². The molecule has 13 heavy (non-hydrogen) atoms. The van der Waals surface area contributed by atoms with Crippen LogP contribution < -0.4 is 11.1 Å². The summed E-state index contributed by atoms with van der Waals surface area (Å²) in [5.41, 5.74) is 5.05.